The van der Waals surface area contributed by atoms with Gasteiger partial charge in [0.15, 0.2) is 0 Å². The third-order valence-electron chi connectivity index (χ3n) is 2.87. The number of carbonyl (C=O) groups is 1. The van der Waals surface area contributed by atoms with E-state index < -0.39 is 4.92 Å². The van der Waals surface area contributed by atoms with Crippen molar-refractivity contribution in [3.63, 3.8) is 0 Å². The van der Waals surface area contributed by atoms with Crippen LogP contribution in [0.25, 0.3) is 0 Å². The zero-order chi connectivity index (χ0) is 15.9. The summed E-state index contributed by atoms with van der Waals surface area (Å²) < 4.78 is 3.08. The van der Waals surface area contributed by atoms with Gasteiger partial charge in [-0.05, 0) is 11.3 Å². The first-order chi connectivity index (χ1) is 10.5. The third-order valence-corrected chi connectivity index (χ3v) is 3.06. The minimum atomic E-state index is -0.571. The molecule has 0 aliphatic heterocycles. The number of carbonyl (C=O) groups excluding carboxylic acids is 1. The van der Waals surface area contributed by atoms with E-state index in [1.807, 2.05) is 0 Å². The minimum absolute atomic E-state index is 0.128. The van der Waals surface area contributed by atoms with Crippen LogP contribution in [0.3, 0.4) is 0 Å². The van der Waals surface area contributed by atoms with E-state index in [1.165, 1.54) is 16.9 Å². The average molecular weight is 327 g/mol. The number of nitrogens with one attached hydrogen (secondary N) is 1. The fourth-order valence-corrected chi connectivity index (χ4v) is 1.96. The van der Waals surface area contributed by atoms with Crippen molar-refractivity contribution in [2.75, 3.05) is 6.54 Å². The molecule has 0 bridgehead atoms. The van der Waals surface area contributed by atoms with Gasteiger partial charge in [-0.25, -0.2) is 0 Å². The highest BCUT2D eigenvalue weighted by Crippen LogP contribution is 2.06. The van der Waals surface area contributed by atoms with E-state index in [0.29, 0.717) is 24.7 Å². The molecule has 0 aromatic carbocycles. The van der Waals surface area contributed by atoms with Gasteiger partial charge in [0.1, 0.15) is 0 Å². The van der Waals surface area contributed by atoms with Gasteiger partial charge in [-0.2, -0.15) is 9.78 Å². The Hall–Kier alpha value is -2.42. The normalized spacial score (nSPS) is 10.6. The van der Waals surface area contributed by atoms with Crippen molar-refractivity contribution in [2.45, 2.75) is 25.9 Å². The highest BCUT2D eigenvalue weighted by atomic mass is 35.5. The van der Waals surface area contributed by atoms with Gasteiger partial charge in [0.25, 0.3) is 0 Å². The fraction of sp³-hybridized carbons (Fsp3) is 0.417. The van der Waals surface area contributed by atoms with Crippen LogP contribution in [0.1, 0.15) is 12.8 Å². The number of rotatable bonds is 8. The molecule has 9 nitrogen and oxygen atoms in total. The van der Waals surface area contributed by atoms with Crippen LogP contribution in [0.15, 0.2) is 24.7 Å². The number of halogens is 1. The Balaban J connectivity index is 1.62. The first kappa shape index (κ1) is 16.0. The average Bonchev–Trinajstić information content (AvgIpc) is 3.10. The van der Waals surface area contributed by atoms with Crippen molar-refractivity contribution in [3.8, 4) is 0 Å². The Bertz CT molecular complexity index is 653. The summed E-state index contributed by atoms with van der Waals surface area (Å²) in [5.41, 5.74) is 0. The van der Waals surface area contributed by atoms with Gasteiger partial charge in [-0.1, -0.05) is 11.6 Å². The number of amides is 1. The van der Waals surface area contributed by atoms with E-state index in [1.54, 1.807) is 17.1 Å². The first-order valence-electron chi connectivity index (χ1n) is 6.67. The smallest absolute Gasteiger partial charge is 0.358 e. The van der Waals surface area contributed by atoms with Crippen molar-refractivity contribution < 1.29 is 9.72 Å². The van der Waals surface area contributed by atoms with Crippen molar-refractivity contribution >= 4 is 23.3 Å². The fourth-order valence-electron chi connectivity index (χ4n) is 1.81. The summed E-state index contributed by atoms with van der Waals surface area (Å²) in [7, 11) is 0. The molecule has 2 aromatic rings. The largest absolute Gasteiger partial charge is 0.389 e. The molecule has 0 spiro atoms. The summed E-state index contributed by atoms with van der Waals surface area (Å²) in [5.74, 6) is -0.352. The maximum absolute atomic E-state index is 11.6. The lowest BCUT2D eigenvalue weighted by atomic mass is 10.3. The van der Waals surface area contributed by atoms with Crippen LogP contribution in [0, 0.1) is 10.1 Å². The van der Waals surface area contributed by atoms with Gasteiger partial charge in [-0.15, -0.1) is 0 Å². The van der Waals surface area contributed by atoms with E-state index in [9.17, 15) is 14.9 Å². The number of aryl methyl sites for hydroxylation is 2. The van der Waals surface area contributed by atoms with Crippen LogP contribution in [-0.2, 0) is 17.9 Å². The molecular weight excluding hydrogens is 312 g/mol. The first-order valence-corrected chi connectivity index (χ1v) is 7.05. The lowest BCUT2D eigenvalue weighted by Gasteiger charge is -2.04. The summed E-state index contributed by atoms with van der Waals surface area (Å²) >= 11 is 5.74. The molecule has 2 aromatic heterocycles. The van der Waals surface area contributed by atoms with Crippen LogP contribution in [0.2, 0.25) is 5.02 Å². The Labute approximate surface area is 131 Å². The summed E-state index contributed by atoms with van der Waals surface area (Å²) in [6, 6.07) is 1.30. The van der Waals surface area contributed by atoms with E-state index in [-0.39, 0.29) is 18.1 Å². The molecule has 0 fully saturated rings. The molecule has 2 heterocycles. The predicted molar refractivity (Wildman–Crippen MR) is 78.4 cm³/mol. The molecule has 0 radical (unpaired) electrons. The van der Waals surface area contributed by atoms with Crippen molar-refractivity contribution in [1.82, 2.24) is 24.9 Å². The van der Waals surface area contributed by atoms with Gasteiger partial charge in [-0.3, -0.25) is 9.48 Å². The van der Waals surface area contributed by atoms with Crippen LogP contribution >= 0.6 is 11.6 Å². The number of hydrogen-bond donors (Lipinski definition) is 1. The maximum atomic E-state index is 11.6. The Morgan fingerprint density at radius 1 is 1.41 bits per heavy atom. The predicted octanol–water partition coefficient (Wildman–Crippen LogP) is 1.24. The molecule has 0 saturated carbocycles. The molecule has 0 unspecified atom stereocenters. The topological polar surface area (TPSA) is 108 Å². The van der Waals surface area contributed by atoms with Crippen LogP contribution in [-0.4, -0.2) is 36.9 Å². The summed E-state index contributed by atoms with van der Waals surface area (Å²) in [6.45, 7) is 1.49. The minimum Gasteiger partial charge on any atom is -0.358 e. The Morgan fingerprint density at radius 2 is 2.23 bits per heavy atom. The Morgan fingerprint density at radius 3 is 2.86 bits per heavy atom. The highest BCUT2D eigenvalue weighted by molar-refractivity contribution is 6.30. The Kier molecular flexibility index (Phi) is 5.48. The van der Waals surface area contributed by atoms with Crippen molar-refractivity contribution in [1.29, 1.82) is 0 Å². The van der Waals surface area contributed by atoms with E-state index >= 15 is 0 Å². The van der Waals surface area contributed by atoms with E-state index in [0.717, 1.165) is 6.42 Å². The van der Waals surface area contributed by atoms with Gasteiger partial charge in [0.2, 0.25) is 5.91 Å². The SMILES string of the molecule is O=C(CCn1ccc([N+](=O)[O-])n1)NCCCn1cc(Cl)cn1. The van der Waals surface area contributed by atoms with Gasteiger partial charge >= 0.3 is 5.82 Å². The molecule has 0 aliphatic rings. The summed E-state index contributed by atoms with van der Waals surface area (Å²) in [6.07, 6.45) is 5.70. The van der Waals surface area contributed by atoms with Gasteiger partial charge in [0, 0.05) is 25.7 Å². The van der Waals surface area contributed by atoms with Crippen molar-refractivity contribution in [2.24, 2.45) is 0 Å². The second-order valence-corrected chi connectivity index (χ2v) is 5.01. The second kappa shape index (κ2) is 7.55. The number of hydrogen-bond acceptors (Lipinski definition) is 5. The zero-order valence-corrected chi connectivity index (χ0v) is 12.4. The number of nitro groups is 1. The third kappa shape index (κ3) is 4.85. The molecule has 1 amide bonds. The molecule has 0 saturated heterocycles. The molecular formula is C12H15ClN6O3. The van der Waals surface area contributed by atoms with Crippen LogP contribution in [0.5, 0.6) is 0 Å². The molecule has 2 rings (SSSR count). The van der Waals surface area contributed by atoms with Gasteiger partial charge < -0.3 is 15.4 Å². The molecule has 22 heavy (non-hydrogen) atoms. The van der Waals surface area contributed by atoms with E-state index in [2.05, 4.69) is 15.5 Å². The maximum Gasteiger partial charge on any atom is 0.389 e. The van der Waals surface area contributed by atoms with Gasteiger partial charge in [0.05, 0.1) is 35.1 Å². The molecule has 118 valence electrons. The van der Waals surface area contributed by atoms with Crippen molar-refractivity contribution in [3.05, 3.63) is 39.8 Å². The molecule has 1 N–H and O–H groups in total. The lowest BCUT2D eigenvalue weighted by molar-refractivity contribution is -0.389. The molecule has 10 heteroatoms. The zero-order valence-electron chi connectivity index (χ0n) is 11.7. The second-order valence-electron chi connectivity index (χ2n) is 4.57. The summed E-state index contributed by atoms with van der Waals surface area (Å²) in [4.78, 5) is 21.6. The molecule has 0 atom stereocenters. The number of aromatic nitrogens is 4. The van der Waals surface area contributed by atoms with E-state index in [4.69, 9.17) is 11.6 Å². The lowest BCUT2D eigenvalue weighted by Crippen LogP contribution is -2.26. The monoisotopic (exact) mass is 326 g/mol. The van der Waals surface area contributed by atoms with Crippen LogP contribution in [0.4, 0.5) is 5.82 Å². The standard InChI is InChI=1S/C12H15ClN6O3/c13-10-8-15-18(9-10)5-1-4-14-12(20)3-7-17-6-2-11(16-17)19(21)22/h2,6,8-9H,1,3-5,7H2,(H,14,20). The number of nitrogens with zero attached hydrogens (tertiary/aromatic N) is 5. The molecule has 0 aliphatic carbocycles. The quantitative estimate of drug-likeness (QED) is 0.446. The summed E-state index contributed by atoms with van der Waals surface area (Å²) in [5, 5.41) is 21.6. The highest BCUT2D eigenvalue weighted by Gasteiger charge is 2.11. The van der Waals surface area contributed by atoms with Crippen LogP contribution < -0.4 is 5.32 Å².